The number of hydrogen-bond acceptors (Lipinski definition) is 6. The number of aryl methyl sites for hydroxylation is 1. The van der Waals surface area contributed by atoms with Crippen molar-refractivity contribution in [2.75, 3.05) is 5.73 Å². The number of nitrogens with two attached hydrogens (primary N) is 1. The summed E-state index contributed by atoms with van der Waals surface area (Å²) in [6.45, 7) is 2.33. The van der Waals surface area contributed by atoms with Crippen molar-refractivity contribution in [1.82, 2.24) is 19.5 Å². The van der Waals surface area contributed by atoms with E-state index in [1.807, 2.05) is 31.2 Å². The van der Waals surface area contributed by atoms with Crippen molar-refractivity contribution in [2.45, 2.75) is 13.5 Å². The molecule has 7 nitrogen and oxygen atoms in total. The maximum absolute atomic E-state index is 14.8. The molecule has 0 amide bonds. The molecule has 2 heterocycles. The number of rotatable bonds is 6. The highest BCUT2D eigenvalue weighted by Gasteiger charge is 2.20. The number of carbonyl (C=O) groups is 1. The van der Waals surface area contributed by atoms with Gasteiger partial charge in [-0.1, -0.05) is 42.5 Å². The fraction of sp³-hybridized carbons (Fsp3) is 0.0909. The van der Waals surface area contributed by atoms with Gasteiger partial charge in [-0.25, -0.2) is 19.3 Å². The van der Waals surface area contributed by atoms with Crippen LogP contribution in [-0.2, 0) is 16.1 Å². The average molecular weight is 403 g/mol. The van der Waals surface area contributed by atoms with Crippen LogP contribution >= 0.6 is 0 Å². The van der Waals surface area contributed by atoms with Gasteiger partial charge < -0.3 is 15.0 Å². The van der Waals surface area contributed by atoms with Gasteiger partial charge in [0.15, 0.2) is 11.5 Å². The van der Waals surface area contributed by atoms with E-state index >= 15 is 0 Å². The maximum atomic E-state index is 14.8. The number of anilines is 1. The van der Waals surface area contributed by atoms with Gasteiger partial charge in [0.25, 0.3) is 6.47 Å². The summed E-state index contributed by atoms with van der Waals surface area (Å²) in [5.41, 5.74) is 9.23. The Kier molecular flexibility index (Phi) is 5.21. The minimum absolute atomic E-state index is 0.0870. The summed E-state index contributed by atoms with van der Waals surface area (Å²) in [6.07, 6.45) is 2.86. The van der Waals surface area contributed by atoms with E-state index in [1.165, 1.54) is 18.7 Å². The minimum atomic E-state index is -0.426. The molecule has 4 aromatic rings. The molecule has 0 spiro atoms. The molecular formula is C22H18FN5O2. The van der Waals surface area contributed by atoms with Gasteiger partial charge in [0.1, 0.15) is 23.4 Å². The smallest absolute Gasteiger partial charge is 0.298 e. The Bertz CT molecular complexity index is 1220. The van der Waals surface area contributed by atoms with Crippen LogP contribution in [0.2, 0.25) is 0 Å². The van der Waals surface area contributed by atoms with E-state index in [0.29, 0.717) is 28.8 Å². The van der Waals surface area contributed by atoms with Crippen molar-refractivity contribution in [2.24, 2.45) is 0 Å². The molecule has 0 aliphatic rings. The number of hydrogen-bond donors (Lipinski definition) is 1. The van der Waals surface area contributed by atoms with E-state index < -0.39 is 5.82 Å². The Morgan fingerprint density at radius 3 is 2.57 bits per heavy atom. The summed E-state index contributed by atoms with van der Waals surface area (Å²) in [5.74, 6) is 0.0690. The first kappa shape index (κ1) is 19.3. The lowest BCUT2D eigenvalue weighted by Gasteiger charge is -2.17. The molecule has 0 aliphatic heterocycles. The standard InChI is InChI=1S/C22H18FN5O2/c1-14-6-2-3-7-15(14)19(16-8-4-5-9-17(16)23)18(30-13-29)10-28-12-27-20-21(24)25-11-26-22(20)28/h2-9,11-13H,10H2,1H3,(H2,24,25,26)/b19-18+. The zero-order valence-electron chi connectivity index (χ0n) is 16.1. The van der Waals surface area contributed by atoms with Gasteiger partial charge in [-0.2, -0.15) is 0 Å². The second kappa shape index (κ2) is 8.12. The highest BCUT2D eigenvalue weighted by molar-refractivity contribution is 5.84. The lowest BCUT2D eigenvalue weighted by molar-refractivity contribution is -0.125. The lowest BCUT2D eigenvalue weighted by atomic mass is 9.92. The van der Waals surface area contributed by atoms with Crippen LogP contribution < -0.4 is 5.73 Å². The molecule has 0 fully saturated rings. The van der Waals surface area contributed by atoms with Crippen LogP contribution in [0.15, 0.2) is 66.9 Å². The quantitative estimate of drug-likeness (QED) is 0.391. The number of allylic oxidation sites excluding steroid dienone is 1. The lowest BCUT2D eigenvalue weighted by Crippen LogP contribution is -2.09. The summed E-state index contributed by atoms with van der Waals surface area (Å²) in [6, 6.07) is 13.9. The van der Waals surface area contributed by atoms with Gasteiger partial charge in [0.2, 0.25) is 0 Å². The van der Waals surface area contributed by atoms with E-state index in [4.69, 9.17) is 10.5 Å². The Morgan fingerprint density at radius 2 is 1.83 bits per heavy atom. The second-order valence-corrected chi connectivity index (χ2v) is 6.61. The molecule has 2 aromatic carbocycles. The summed E-state index contributed by atoms with van der Waals surface area (Å²) >= 11 is 0. The summed E-state index contributed by atoms with van der Waals surface area (Å²) in [7, 11) is 0. The average Bonchev–Trinajstić information content (AvgIpc) is 3.15. The Morgan fingerprint density at radius 1 is 1.10 bits per heavy atom. The fourth-order valence-corrected chi connectivity index (χ4v) is 3.37. The molecule has 150 valence electrons. The number of halogens is 1. The van der Waals surface area contributed by atoms with Gasteiger partial charge in [-0.05, 0) is 24.1 Å². The minimum Gasteiger partial charge on any atom is -0.431 e. The molecule has 30 heavy (non-hydrogen) atoms. The molecule has 0 bridgehead atoms. The van der Waals surface area contributed by atoms with E-state index in [9.17, 15) is 9.18 Å². The number of carbonyl (C=O) groups excluding carboxylic acids is 1. The molecular weight excluding hydrogens is 385 g/mol. The number of fused-ring (bicyclic) bond motifs is 1. The first-order valence-corrected chi connectivity index (χ1v) is 9.15. The SMILES string of the molecule is Cc1ccccc1/C(=C(/Cn1cnc2c(N)ncnc21)OC=O)c1ccccc1F. The Labute approximate surface area is 171 Å². The second-order valence-electron chi connectivity index (χ2n) is 6.61. The Balaban J connectivity index is 1.96. The first-order valence-electron chi connectivity index (χ1n) is 9.15. The molecule has 0 aliphatic carbocycles. The molecule has 0 unspecified atom stereocenters. The van der Waals surface area contributed by atoms with Crippen LogP contribution in [0.5, 0.6) is 0 Å². The van der Waals surface area contributed by atoms with Crippen molar-refractivity contribution in [3.8, 4) is 0 Å². The van der Waals surface area contributed by atoms with Crippen molar-refractivity contribution < 1.29 is 13.9 Å². The van der Waals surface area contributed by atoms with Crippen LogP contribution in [0.1, 0.15) is 16.7 Å². The van der Waals surface area contributed by atoms with Crippen molar-refractivity contribution in [3.05, 3.63) is 89.5 Å². The zero-order valence-corrected chi connectivity index (χ0v) is 16.1. The van der Waals surface area contributed by atoms with Crippen LogP contribution in [-0.4, -0.2) is 26.0 Å². The first-order chi connectivity index (χ1) is 14.6. The number of imidazole rings is 1. The number of benzene rings is 2. The van der Waals surface area contributed by atoms with E-state index in [-0.39, 0.29) is 18.1 Å². The number of nitrogens with zero attached hydrogens (tertiary/aromatic N) is 4. The molecule has 8 heteroatoms. The van der Waals surface area contributed by atoms with Gasteiger partial charge in [-0.15, -0.1) is 0 Å². The van der Waals surface area contributed by atoms with Crippen molar-refractivity contribution in [3.63, 3.8) is 0 Å². The van der Waals surface area contributed by atoms with Crippen LogP contribution in [0, 0.1) is 12.7 Å². The highest BCUT2D eigenvalue weighted by atomic mass is 19.1. The Hall–Kier alpha value is -4.07. The van der Waals surface area contributed by atoms with Gasteiger partial charge in [-0.3, -0.25) is 4.79 Å². The zero-order chi connectivity index (χ0) is 21.1. The largest absolute Gasteiger partial charge is 0.431 e. The van der Waals surface area contributed by atoms with E-state index in [2.05, 4.69) is 15.0 Å². The molecule has 2 N–H and O–H groups in total. The number of nitrogen functional groups attached to an aromatic ring is 1. The molecule has 0 radical (unpaired) electrons. The molecule has 2 aromatic heterocycles. The van der Waals surface area contributed by atoms with Crippen molar-refractivity contribution in [1.29, 1.82) is 0 Å². The van der Waals surface area contributed by atoms with Crippen LogP contribution in [0.3, 0.4) is 0 Å². The summed E-state index contributed by atoms with van der Waals surface area (Å²) < 4.78 is 21.9. The number of aromatic nitrogens is 4. The highest BCUT2D eigenvalue weighted by Crippen LogP contribution is 2.32. The van der Waals surface area contributed by atoms with Crippen LogP contribution in [0.25, 0.3) is 16.7 Å². The monoisotopic (exact) mass is 403 g/mol. The van der Waals surface area contributed by atoms with Crippen LogP contribution in [0.4, 0.5) is 10.2 Å². The third kappa shape index (κ3) is 3.50. The van der Waals surface area contributed by atoms with Gasteiger partial charge in [0.05, 0.1) is 12.9 Å². The third-order valence-corrected chi connectivity index (χ3v) is 4.77. The van der Waals surface area contributed by atoms with E-state index in [1.54, 1.807) is 22.8 Å². The van der Waals surface area contributed by atoms with Gasteiger partial charge in [0, 0.05) is 11.1 Å². The number of ether oxygens (including phenoxy) is 1. The summed E-state index contributed by atoms with van der Waals surface area (Å²) in [4.78, 5) is 23.8. The topological polar surface area (TPSA) is 95.9 Å². The fourth-order valence-electron chi connectivity index (χ4n) is 3.37. The molecule has 0 saturated heterocycles. The summed E-state index contributed by atoms with van der Waals surface area (Å²) in [5, 5.41) is 0. The predicted octanol–water partition coefficient (Wildman–Crippen LogP) is 3.49. The predicted molar refractivity (Wildman–Crippen MR) is 110 cm³/mol. The molecule has 0 saturated carbocycles. The maximum Gasteiger partial charge on any atom is 0.298 e. The normalized spacial score (nSPS) is 11.9. The third-order valence-electron chi connectivity index (χ3n) is 4.77. The van der Waals surface area contributed by atoms with Crippen molar-refractivity contribution >= 4 is 29.0 Å². The molecule has 4 rings (SSSR count). The van der Waals surface area contributed by atoms with Gasteiger partial charge >= 0.3 is 0 Å². The van der Waals surface area contributed by atoms with E-state index in [0.717, 1.165) is 11.1 Å². The molecule has 0 atom stereocenters.